The van der Waals surface area contributed by atoms with Crippen LogP contribution in [0.3, 0.4) is 0 Å². The fourth-order valence-corrected chi connectivity index (χ4v) is 5.07. The molecule has 0 unspecified atom stereocenters. The molecule has 0 aliphatic carbocycles. The minimum atomic E-state index is -0.798. The van der Waals surface area contributed by atoms with Gasteiger partial charge in [0, 0.05) is 10.0 Å². The number of nitrogens with zero attached hydrogens (tertiary/aromatic N) is 2. The molecule has 0 saturated heterocycles. The minimum absolute atomic E-state index is 0.0162. The molecule has 1 aromatic heterocycles. The average Bonchev–Trinajstić information content (AvgIpc) is 3.11. The highest BCUT2D eigenvalue weighted by atomic mass is 35.5. The number of nitrogens with two attached hydrogens (primary N) is 1. The summed E-state index contributed by atoms with van der Waals surface area (Å²) in [6, 6.07) is 15.8. The lowest BCUT2D eigenvalue weighted by Gasteiger charge is -2.24. The van der Waals surface area contributed by atoms with Gasteiger partial charge in [-0.2, -0.15) is 5.26 Å². The van der Waals surface area contributed by atoms with Crippen LogP contribution in [0.1, 0.15) is 24.0 Å². The van der Waals surface area contributed by atoms with Crippen molar-refractivity contribution in [3.05, 3.63) is 94.8 Å². The lowest BCUT2D eigenvalue weighted by Crippen LogP contribution is -2.40. The van der Waals surface area contributed by atoms with Crippen molar-refractivity contribution in [1.29, 1.82) is 5.26 Å². The Morgan fingerprint density at radius 1 is 1.18 bits per heavy atom. The quantitative estimate of drug-likeness (QED) is 0.558. The van der Waals surface area contributed by atoms with E-state index in [0.29, 0.717) is 24.8 Å². The van der Waals surface area contributed by atoms with Crippen molar-refractivity contribution in [2.45, 2.75) is 12.8 Å². The van der Waals surface area contributed by atoms with Crippen LogP contribution in [0.2, 0.25) is 10.0 Å². The summed E-state index contributed by atoms with van der Waals surface area (Å²) < 4.78 is 7.21. The molecule has 4 rings (SSSR count). The Hall–Kier alpha value is -3.31. The van der Waals surface area contributed by atoms with Crippen LogP contribution in [0.4, 0.5) is 0 Å². The van der Waals surface area contributed by atoms with Crippen LogP contribution in [0.15, 0.2) is 58.9 Å². The first kappa shape index (κ1) is 22.9. The summed E-state index contributed by atoms with van der Waals surface area (Å²) in [6.45, 7) is 1.82. The van der Waals surface area contributed by atoms with E-state index in [4.69, 9.17) is 33.7 Å². The molecule has 33 heavy (non-hydrogen) atoms. The third-order valence-electron chi connectivity index (χ3n) is 5.14. The van der Waals surface area contributed by atoms with Crippen LogP contribution in [-0.2, 0) is 9.53 Å². The predicted molar refractivity (Wildman–Crippen MR) is 130 cm³/mol. The van der Waals surface area contributed by atoms with E-state index in [1.807, 2.05) is 0 Å². The molecule has 0 radical (unpaired) electrons. The third-order valence-corrected chi connectivity index (χ3v) is 6.75. The maximum atomic E-state index is 13.3. The number of halogens is 2. The van der Waals surface area contributed by atoms with E-state index in [2.05, 4.69) is 6.07 Å². The van der Waals surface area contributed by atoms with Gasteiger partial charge in [-0.05, 0) is 48.4 Å². The van der Waals surface area contributed by atoms with Gasteiger partial charge in [-0.3, -0.25) is 9.36 Å². The van der Waals surface area contributed by atoms with Gasteiger partial charge < -0.3 is 10.5 Å². The SMILES string of the molecule is CCOC(=O)C1=c2s/c(=C\c3ccc(Cl)cc3)c(=O)n2C(N)=C(C#N)[C@H]1c1ccc(Cl)cc1. The van der Waals surface area contributed by atoms with E-state index in [9.17, 15) is 14.9 Å². The lowest BCUT2D eigenvalue weighted by molar-refractivity contribution is -0.136. The summed E-state index contributed by atoms with van der Waals surface area (Å²) in [6.07, 6.45) is 1.69. The van der Waals surface area contributed by atoms with E-state index in [0.717, 1.165) is 16.9 Å². The largest absolute Gasteiger partial charge is 0.463 e. The van der Waals surface area contributed by atoms with Crippen molar-refractivity contribution >= 4 is 58.0 Å². The van der Waals surface area contributed by atoms with E-state index in [1.165, 1.54) is 4.57 Å². The topological polar surface area (TPSA) is 98.1 Å². The Morgan fingerprint density at radius 3 is 2.36 bits per heavy atom. The van der Waals surface area contributed by atoms with E-state index < -0.39 is 17.4 Å². The van der Waals surface area contributed by atoms with Gasteiger partial charge in [0.15, 0.2) is 0 Å². The van der Waals surface area contributed by atoms with Crippen molar-refractivity contribution in [2.24, 2.45) is 5.73 Å². The number of fused-ring (bicyclic) bond motifs is 1. The molecule has 166 valence electrons. The van der Waals surface area contributed by atoms with Crippen molar-refractivity contribution < 1.29 is 9.53 Å². The number of esters is 1. The van der Waals surface area contributed by atoms with Gasteiger partial charge in [-0.1, -0.05) is 47.5 Å². The lowest BCUT2D eigenvalue weighted by atomic mass is 9.84. The fraction of sp³-hybridized carbons (Fsp3) is 0.125. The van der Waals surface area contributed by atoms with E-state index in [-0.39, 0.29) is 23.6 Å². The first-order valence-corrected chi connectivity index (χ1v) is 11.5. The van der Waals surface area contributed by atoms with Gasteiger partial charge in [0.05, 0.1) is 34.3 Å². The molecule has 3 aromatic rings. The summed E-state index contributed by atoms with van der Waals surface area (Å²) in [5.74, 6) is -1.43. The first-order chi connectivity index (χ1) is 15.8. The highest BCUT2D eigenvalue weighted by Gasteiger charge is 2.36. The smallest absolute Gasteiger partial charge is 0.338 e. The molecule has 0 saturated carbocycles. The minimum Gasteiger partial charge on any atom is -0.463 e. The Kier molecular flexibility index (Phi) is 6.43. The number of allylic oxidation sites excluding steroid dienone is 1. The highest BCUT2D eigenvalue weighted by molar-refractivity contribution is 7.07. The van der Waals surface area contributed by atoms with Gasteiger partial charge in [0.2, 0.25) is 0 Å². The normalized spacial score (nSPS) is 15.9. The van der Waals surface area contributed by atoms with Crippen LogP contribution >= 0.6 is 34.5 Å². The van der Waals surface area contributed by atoms with E-state index in [1.54, 1.807) is 61.5 Å². The number of benzene rings is 2. The van der Waals surface area contributed by atoms with Crippen molar-refractivity contribution in [3.8, 4) is 6.07 Å². The van der Waals surface area contributed by atoms with E-state index >= 15 is 0 Å². The van der Waals surface area contributed by atoms with Crippen molar-refractivity contribution in [3.63, 3.8) is 0 Å². The van der Waals surface area contributed by atoms with Crippen LogP contribution in [0, 0.1) is 11.3 Å². The molecule has 6 nitrogen and oxygen atoms in total. The van der Waals surface area contributed by atoms with Crippen molar-refractivity contribution in [2.75, 3.05) is 6.61 Å². The van der Waals surface area contributed by atoms with Crippen LogP contribution < -0.4 is 20.5 Å². The Labute approximate surface area is 203 Å². The zero-order valence-electron chi connectivity index (χ0n) is 17.3. The second-order valence-corrected chi connectivity index (χ2v) is 9.04. The molecular weight excluding hydrogens is 481 g/mol. The van der Waals surface area contributed by atoms with Crippen LogP contribution in [0.25, 0.3) is 17.5 Å². The van der Waals surface area contributed by atoms with Gasteiger partial charge in [0.25, 0.3) is 5.56 Å². The zero-order chi connectivity index (χ0) is 23.7. The summed E-state index contributed by atoms with van der Waals surface area (Å²) in [4.78, 5) is 26.4. The number of hydrogen-bond donors (Lipinski definition) is 1. The number of hydrogen-bond acceptors (Lipinski definition) is 6. The molecule has 1 aliphatic heterocycles. The predicted octanol–water partition coefficient (Wildman–Crippen LogP) is 3.21. The van der Waals surface area contributed by atoms with Gasteiger partial charge in [0.1, 0.15) is 10.5 Å². The number of aromatic nitrogens is 1. The Balaban J connectivity index is 2.08. The highest BCUT2D eigenvalue weighted by Crippen LogP contribution is 2.37. The monoisotopic (exact) mass is 497 g/mol. The molecule has 9 heteroatoms. The fourth-order valence-electron chi connectivity index (χ4n) is 3.65. The summed E-state index contributed by atoms with van der Waals surface area (Å²) in [5, 5.41) is 11.0. The summed E-state index contributed by atoms with van der Waals surface area (Å²) >= 11 is 13.1. The van der Waals surface area contributed by atoms with Crippen molar-refractivity contribution in [1.82, 2.24) is 4.57 Å². The molecular formula is C24H17Cl2N3O3S. The second-order valence-electron chi connectivity index (χ2n) is 7.14. The van der Waals surface area contributed by atoms with Crippen LogP contribution in [-0.4, -0.2) is 17.1 Å². The molecule has 0 fully saturated rings. The third kappa shape index (κ3) is 4.21. The maximum absolute atomic E-state index is 13.3. The number of thiazole rings is 1. The molecule has 2 heterocycles. The standard InChI is InChI=1S/C24H17Cl2N3O3S/c1-2-32-24(31)20-19(14-5-9-16(26)10-6-14)17(12-27)21(28)29-22(30)18(33-23(20)29)11-13-3-7-15(25)8-4-13/h3-11,19H,2,28H2,1H3/b18-11-/t19-/m1/s1. The molecule has 0 amide bonds. The molecule has 0 spiro atoms. The number of rotatable bonds is 4. The van der Waals surface area contributed by atoms with Gasteiger partial charge >= 0.3 is 5.97 Å². The molecule has 1 atom stereocenters. The van der Waals surface area contributed by atoms with Gasteiger partial charge in [-0.15, -0.1) is 11.3 Å². The Bertz CT molecular complexity index is 1490. The molecule has 0 bridgehead atoms. The number of nitriles is 1. The summed E-state index contributed by atoms with van der Waals surface area (Å²) in [5.41, 5.74) is 7.57. The molecule has 1 aliphatic rings. The van der Waals surface area contributed by atoms with Crippen LogP contribution in [0.5, 0.6) is 0 Å². The van der Waals surface area contributed by atoms with Gasteiger partial charge in [-0.25, -0.2) is 4.79 Å². The Morgan fingerprint density at radius 2 is 1.79 bits per heavy atom. The molecule has 2 aromatic carbocycles. The second kappa shape index (κ2) is 9.28. The summed E-state index contributed by atoms with van der Waals surface area (Å²) in [7, 11) is 0. The first-order valence-electron chi connectivity index (χ1n) is 9.91. The zero-order valence-corrected chi connectivity index (χ0v) is 19.7. The average molecular weight is 498 g/mol. The number of carbonyl (C=O) groups is 1. The number of carbonyl (C=O) groups excluding carboxylic acids is 1. The number of ether oxygens (including phenoxy) is 1. The maximum Gasteiger partial charge on any atom is 0.338 e. The molecule has 2 N–H and O–H groups in total.